The molecule has 1 heterocycles. The molecule has 30 heavy (non-hydrogen) atoms. The average molecular weight is 408 g/mol. The Labute approximate surface area is 177 Å². The highest BCUT2D eigenvalue weighted by Crippen LogP contribution is 2.24. The molecule has 1 aromatic heterocycles. The molecule has 1 unspecified atom stereocenters. The number of carbonyl (C=O) groups is 1. The standard InChI is InChI=1S/C24H29N3O3/c1-3-4-17-27(18-19-11-7-5-8-12-19)22(28)16-15-21-25-26-24(30-21)23(29-2)20-13-9-6-10-14-20/h5-14,23H,3-4,15-18H2,1-2H3. The highest BCUT2D eigenvalue weighted by atomic mass is 16.5. The van der Waals surface area contributed by atoms with Gasteiger partial charge in [-0.15, -0.1) is 10.2 Å². The van der Waals surface area contributed by atoms with Gasteiger partial charge in [-0.05, 0) is 17.5 Å². The summed E-state index contributed by atoms with van der Waals surface area (Å²) in [6, 6.07) is 19.8. The lowest BCUT2D eigenvalue weighted by molar-refractivity contribution is -0.132. The van der Waals surface area contributed by atoms with Gasteiger partial charge in [-0.3, -0.25) is 4.79 Å². The molecule has 2 aromatic carbocycles. The van der Waals surface area contributed by atoms with Crippen LogP contribution in [0.15, 0.2) is 65.1 Å². The van der Waals surface area contributed by atoms with Crippen molar-refractivity contribution < 1.29 is 13.9 Å². The number of ether oxygens (including phenoxy) is 1. The first kappa shape index (κ1) is 21.7. The van der Waals surface area contributed by atoms with Gasteiger partial charge in [0.05, 0.1) is 0 Å². The van der Waals surface area contributed by atoms with Crippen LogP contribution in [0.2, 0.25) is 0 Å². The van der Waals surface area contributed by atoms with Crippen molar-refractivity contribution in [2.45, 2.75) is 45.3 Å². The highest BCUT2D eigenvalue weighted by Gasteiger charge is 2.21. The van der Waals surface area contributed by atoms with E-state index < -0.39 is 6.10 Å². The van der Waals surface area contributed by atoms with E-state index >= 15 is 0 Å². The molecule has 0 saturated heterocycles. The van der Waals surface area contributed by atoms with Crippen molar-refractivity contribution in [1.29, 1.82) is 0 Å². The molecule has 3 rings (SSSR count). The molecular formula is C24H29N3O3. The Balaban J connectivity index is 1.61. The summed E-state index contributed by atoms with van der Waals surface area (Å²) in [6.45, 7) is 3.50. The predicted octanol–water partition coefficient (Wildman–Crippen LogP) is 4.57. The summed E-state index contributed by atoms with van der Waals surface area (Å²) in [5.41, 5.74) is 2.08. The second-order valence-corrected chi connectivity index (χ2v) is 7.21. The third-order valence-electron chi connectivity index (χ3n) is 4.95. The first-order valence-electron chi connectivity index (χ1n) is 10.4. The van der Waals surface area contributed by atoms with Crippen molar-refractivity contribution in [3.8, 4) is 0 Å². The van der Waals surface area contributed by atoms with E-state index in [-0.39, 0.29) is 5.91 Å². The molecule has 0 aliphatic carbocycles. The summed E-state index contributed by atoms with van der Waals surface area (Å²) >= 11 is 0. The number of benzene rings is 2. The smallest absolute Gasteiger partial charge is 0.249 e. The molecule has 0 N–H and O–H groups in total. The number of rotatable bonds is 11. The van der Waals surface area contributed by atoms with Crippen LogP contribution in [0, 0.1) is 0 Å². The maximum absolute atomic E-state index is 12.9. The van der Waals surface area contributed by atoms with Gasteiger partial charge in [-0.2, -0.15) is 0 Å². The number of amides is 1. The second kappa shape index (κ2) is 11.3. The predicted molar refractivity (Wildman–Crippen MR) is 115 cm³/mol. The van der Waals surface area contributed by atoms with Gasteiger partial charge in [0, 0.05) is 33.0 Å². The van der Waals surface area contributed by atoms with Crippen molar-refractivity contribution in [3.05, 3.63) is 83.6 Å². The fraction of sp³-hybridized carbons (Fsp3) is 0.375. The summed E-state index contributed by atoms with van der Waals surface area (Å²) < 4.78 is 11.3. The van der Waals surface area contributed by atoms with Gasteiger partial charge in [0.15, 0.2) is 6.10 Å². The maximum Gasteiger partial charge on any atom is 0.249 e. The lowest BCUT2D eigenvalue weighted by atomic mass is 10.1. The number of unbranched alkanes of at least 4 members (excludes halogenated alkanes) is 1. The zero-order valence-corrected chi connectivity index (χ0v) is 17.7. The Morgan fingerprint density at radius 1 is 1.07 bits per heavy atom. The number of aryl methyl sites for hydroxylation is 1. The van der Waals surface area contributed by atoms with Gasteiger partial charge in [-0.25, -0.2) is 0 Å². The highest BCUT2D eigenvalue weighted by molar-refractivity contribution is 5.76. The quantitative estimate of drug-likeness (QED) is 0.466. The Morgan fingerprint density at radius 3 is 2.43 bits per heavy atom. The number of hydrogen-bond donors (Lipinski definition) is 0. The first-order valence-corrected chi connectivity index (χ1v) is 10.4. The molecule has 0 spiro atoms. The van der Waals surface area contributed by atoms with E-state index in [1.54, 1.807) is 7.11 Å². The molecule has 1 amide bonds. The molecule has 158 valence electrons. The summed E-state index contributed by atoms with van der Waals surface area (Å²) in [4.78, 5) is 14.8. The Bertz CT molecular complexity index is 896. The minimum absolute atomic E-state index is 0.0957. The van der Waals surface area contributed by atoms with Crippen LogP contribution in [0.25, 0.3) is 0 Å². The summed E-state index contributed by atoms with van der Waals surface area (Å²) in [5.74, 6) is 0.947. The van der Waals surface area contributed by atoms with E-state index in [0.29, 0.717) is 31.2 Å². The van der Waals surface area contributed by atoms with Gasteiger partial charge in [0.1, 0.15) is 0 Å². The fourth-order valence-corrected chi connectivity index (χ4v) is 3.30. The van der Waals surface area contributed by atoms with Crippen molar-refractivity contribution in [2.75, 3.05) is 13.7 Å². The van der Waals surface area contributed by atoms with Crippen LogP contribution < -0.4 is 0 Å². The molecule has 3 aromatic rings. The van der Waals surface area contributed by atoms with E-state index in [9.17, 15) is 4.79 Å². The molecule has 6 heteroatoms. The van der Waals surface area contributed by atoms with Crippen LogP contribution in [0.3, 0.4) is 0 Å². The Kier molecular flexibility index (Phi) is 8.15. The van der Waals surface area contributed by atoms with Crippen LogP contribution in [0.4, 0.5) is 0 Å². The van der Waals surface area contributed by atoms with E-state index in [1.807, 2.05) is 65.6 Å². The molecular weight excluding hydrogens is 378 g/mol. The number of carbonyl (C=O) groups excluding carboxylic acids is 1. The van der Waals surface area contributed by atoms with Gasteiger partial charge in [0.2, 0.25) is 17.7 Å². The maximum atomic E-state index is 12.9. The van der Waals surface area contributed by atoms with Crippen LogP contribution in [0.1, 0.15) is 55.2 Å². The van der Waals surface area contributed by atoms with Gasteiger partial charge in [-0.1, -0.05) is 74.0 Å². The molecule has 0 fully saturated rings. The van der Waals surface area contributed by atoms with E-state index in [2.05, 4.69) is 17.1 Å². The largest absolute Gasteiger partial charge is 0.422 e. The molecule has 6 nitrogen and oxygen atoms in total. The Hall–Kier alpha value is -2.99. The lowest BCUT2D eigenvalue weighted by Gasteiger charge is -2.22. The van der Waals surface area contributed by atoms with Gasteiger partial charge >= 0.3 is 0 Å². The average Bonchev–Trinajstić information content (AvgIpc) is 3.25. The first-order chi connectivity index (χ1) is 14.7. The van der Waals surface area contributed by atoms with Crippen molar-refractivity contribution >= 4 is 5.91 Å². The van der Waals surface area contributed by atoms with Crippen LogP contribution in [-0.4, -0.2) is 34.7 Å². The summed E-state index contributed by atoms with van der Waals surface area (Å²) in [5, 5.41) is 8.26. The van der Waals surface area contributed by atoms with Crippen LogP contribution in [-0.2, 0) is 22.5 Å². The molecule has 0 saturated carbocycles. The summed E-state index contributed by atoms with van der Waals surface area (Å²) in [7, 11) is 1.61. The number of hydrogen-bond acceptors (Lipinski definition) is 5. The zero-order valence-electron chi connectivity index (χ0n) is 17.7. The SMILES string of the molecule is CCCCN(Cc1ccccc1)C(=O)CCc1nnc(C(OC)c2ccccc2)o1. The van der Waals surface area contributed by atoms with E-state index in [4.69, 9.17) is 9.15 Å². The lowest BCUT2D eigenvalue weighted by Crippen LogP contribution is -2.31. The molecule has 0 radical (unpaired) electrons. The second-order valence-electron chi connectivity index (χ2n) is 7.21. The van der Waals surface area contributed by atoms with Gasteiger partial charge < -0.3 is 14.1 Å². The zero-order chi connectivity index (χ0) is 21.2. The monoisotopic (exact) mass is 407 g/mol. The molecule has 0 aliphatic rings. The minimum Gasteiger partial charge on any atom is -0.422 e. The minimum atomic E-state index is -0.415. The summed E-state index contributed by atoms with van der Waals surface area (Å²) in [6.07, 6.45) is 2.36. The topological polar surface area (TPSA) is 68.5 Å². The van der Waals surface area contributed by atoms with Crippen LogP contribution >= 0.6 is 0 Å². The normalized spacial score (nSPS) is 11.9. The molecule has 0 aliphatic heterocycles. The van der Waals surface area contributed by atoms with Crippen LogP contribution in [0.5, 0.6) is 0 Å². The van der Waals surface area contributed by atoms with E-state index in [1.165, 1.54) is 0 Å². The number of methoxy groups -OCH3 is 1. The van der Waals surface area contributed by atoms with Crippen molar-refractivity contribution in [1.82, 2.24) is 15.1 Å². The van der Waals surface area contributed by atoms with Crippen molar-refractivity contribution in [3.63, 3.8) is 0 Å². The third kappa shape index (κ3) is 6.00. The third-order valence-corrected chi connectivity index (χ3v) is 4.95. The number of nitrogens with zero attached hydrogens (tertiary/aromatic N) is 3. The fourth-order valence-electron chi connectivity index (χ4n) is 3.30. The molecule has 1 atom stereocenters. The Morgan fingerprint density at radius 2 is 1.77 bits per heavy atom. The van der Waals surface area contributed by atoms with Gasteiger partial charge in [0.25, 0.3) is 0 Å². The van der Waals surface area contributed by atoms with Crippen molar-refractivity contribution in [2.24, 2.45) is 0 Å². The van der Waals surface area contributed by atoms with E-state index in [0.717, 1.165) is 30.5 Å². The number of aromatic nitrogens is 2. The molecule has 0 bridgehead atoms.